The van der Waals surface area contributed by atoms with Crippen LogP contribution >= 0.6 is 34.8 Å². The number of halogens is 4. The maximum Gasteiger partial charge on any atom is 0.277 e. The van der Waals surface area contributed by atoms with Crippen LogP contribution in [-0.2, 0) is 13.3 Å². The van der Waals surface area contributed by atoms with Crippen molar-refractivity contribution in [3.05, 3.63) is 92.6 Å². The summed E-state index contributed by atoms with van der Waals surface area (Å²) in [7, 11) is 0. The number of rotatable bonds is 7. The number of anilines is 1. The molecule has 0 aliphatic heterocycles. The van der Waals surface area contributed by atoms with Crippen LogP contribution < -0.4 is 10.1 Å². The van der Waals surface area contributed by atoms with Crippen molar-refractivity contribution >= 4 is 46.5 Å². The van der Waals surface area contributed by atoms with Crippen LogP contribution in [0.3, 0.4) is 0 Å². The molecule has 1 amide bonds. The molecule has 170 valence electrons. The number of aromatic nitrogens is 4. The van der Waals surface area contributed by atoms with Gasteiger partial charge in [0.2, 0.25) is 0 Å². The van der Waals surface area contributed by atoms with Gasteiger partial charge in [0, 0.05) is 28.5 Å². The number of amides is 1. The molecule has 0 bridgehead atoms. The van der Waals surface area contributed by atoms with Gasteiger partial charge in [-0.05, 0) is 37.3 Å². The van der Waals surface area contributed by atoms with Crippen LogP contribution in [0.25, 0.3) is 0 Å². The first-order valence-electron chi connectivity index (χ1n) is 9.71. The first-order chi connectivity index (χ1) is 15.8. The normalized spacial score (nSPS) is 10.9. The van der Waals surface area contributed by atoms with Crippen molar-refractivity contribution in [1.82, 2.24) is 19.6 Å². The topological polar surface area (TPSA) is 74.0 Å². The Morgan fingerprint density at radius 3 is 2.48 bits per heavy atom. The molecule has 4 aromatic rings. The molecule has 33 heavy (non-hydrogen) atoms. The molecule has 11 heteroatoms. The second kappa shape index (κ2) is 9.82. The smallest absolute Gasteiger partial charge is 0.277 e. The summed E-state index contributed by atoms with van der Waals surface area (Å²) in [6.07, 6.45) is 1.59. The summed E-state index contributed by atoms with van der Waals surface area (Å²) in [6, 6.07) is 12.7. The number of nitrogens with one attached hydrogen (secondary N) is 1. The molecule has 0 saturated carbocycles. The van der Waals surface area contributed by atoms with E-state index in [0.717, 1.165) is 5.69 Å². The quantitative estimate of drug-likeness (QED) is 0.341. The van der Waals surface area contributed by atoms with Crippen LogP contribution in [0.5, 0.6) is 5.75 Å². The van der Waals surface area contributed by atoms with Crippen molar-refractivity contribution < 1.29 is 13.9 Å². The Kier molecular flexibility index (Phi) is 6.88. The van der Waals surface area contributed by atoms with Crippen molar-refractivity contribution in [2.24, 2.45) is 0 Å². The molecule has 2 heterocycles. The molecular formula is C22H17Cl3FN5O2. The Morgan fingerprint density at radius 2 is 1.76 bits per heavy atom. The minimum absolute atomic E-state index is 0.00781. The molecule has 0 aliphatic rings. The van der Waals surface area contributed by atoms with Crippen LogP contribution in [0.4, 0.5) is 10.2 Å². The number of hydrogen-bond donors (Lipinski definition) is 1. The first kappa shape index (κ1) is 23.1. The average molecular weight is 509 g/mol. The highest BCUT2D eigenvalue weighted by Gasteiger charge is 2.15. The molecule has 0 unspecified atom stereocenters. The fraction of sp³-hybridized carbons (Fsp3) is 0.136. The van der Waals surface area contributed by atoms with E-state index in [1.807, 2.05) is 0 Å². The maximum absolute atomic E-state index is 14.1. The number of para-hydroxylation sites is 1. The second-order valence-electron chi connectivity index (χ2n) is 7.05. The van der Waals surface area contributed by atoms with Gasteiger partial charge in [-0.15, -0.1) is 0 Å². The third-order valence-corrected chi connectivity index (χ3v) is 5.68. The molecule has 0 fully saturated rings. The SMILES string of the molecule is Cc1cc(NC(=O)c2ccn(COc3c(Cl)cccc3Cl)n2)nn1Cc1c(F)cccc1Cl. The molecule has 0 atom stereocenters. The van der Waals surface area contributed by atoms with Crippen LogP contribution in [0, 0.1) is 12.7 Å². The average Bonchev–Trinajstić information content (AvgIpc) is 3.37. The Labute approximate surface area is 203 Å². The molecule has 4 rings (SSSR count). The van der Waals surface area contributed by atoms with E-state index >= 15 is 0 Å². The van der Waals surface area contributed by atoms with Crippen LogP contribution in [-0.4, -0.2) is 25.5 Å². The van der Waals surface area contributed by atoms with Gasteiger partial charge < -0.3 is 10.1 Å². The summed E-state index contributed by atoms with van der Waals surface area (Å²) >= 11 is 18.3. The molecule has 2 aromatic heterocycles. The molecule has 1 N–H and O–H groups in total. The fourth-order valence-electron chi connectivity index (χ4n) is 3.05. The third-order valence-electron chi connectivity index (χ3n) is 4.73. The van der Waals surface area contributed by atoms with Crippen molar-refractivity contribution in [3.8, 4) is 5.75 Å². The third kappa shape index (κ3) is 5.30. The molecule has 0 aliphatic carbocycles. The van der Waals surface area contributed by atoms with Crippen LogP contribution in [0.2, 0.25) is 15.1 Å². The van der Waals surface area contributed by atoms with Crippen molar-refractivity contribution in [2.75, 3.05) is 5.32 Å². The number of aryl methyl sites for hydroxylation is 1. The Hall–Kier alpha value is -3.07. The van der Waals surface area contributed by atoms with Gasteiger partial charge in [0.1, 0.15) is 5.82 Å². The molecule has 0 radical (unpaired) electrons. The first-order valence-corrected chi connectivity index (χ1v) is 10.8. The summed E-state index contributed by atoms with van der Waals surface area (Å²) in [5, 5.41) is 12.2. The van der Waals surface area contributed by atoms with Crippen molar-refractivity contribution in [1.29, 1.82) is 0 Å². The van der Waals surface area contributed by atoms with E-state index in [-0.39, 0.29) is 19.0 Å². The van der Waals surface area contributed by atoms with E-state index in [9.17, 15) is 9.18 Å². The second-order valence-corrected chi connectivity index (χ2v) is 8.27. The van der Waals surface area contributed by atoms with E-state index in [0.29, 0.717) is 32.2 Å². The van der Waals surface area contributed by atoms with Gasteiger partial charge >= 0.3 is 0 Å². The van der Waals surface area contributed by atoms with Gasteiger partial charge in [-0.1, -0.05) is 46.9 Å². The lowest BCUT2D eigenvalue weighted by molar-refractivity contribution is 0.101. The van der Waals surface area contributed by atoms with Crippen molar-refractivity contribution in [2.45, 2.75) is 20.2 Å². The Balaban J connectivity index is 1.41. The number of nitrogens with zero attached hydrogens (tertiary/aromatic N) is 4. The van der Waals surface area contributed by atoms with Gasteiger partial charge in [0.25, 0.3) is 5.91 Å². The van der Waals surface area contributed by atoms with Crippen molar-refractivity contribution in [3.63, 3.8) is 0 Å². The largest absolute Gasteiger partial charge is 0.468 e. The van der Waals surface area contributed by atoms with Gasteiger partial charge in [0.05, 0.1) is 16.6 Å². The highest BCUT2D eigenvalue weighted by atomic mass is 35.5. The lowest BCUT2D eigenvalue weighted by atomic mass is 10.2. The summed E-state index contributed by atoms with van der Waals surface area (Å²) in [4.78, 5) is 12.6. The molecule has 7 nitrogen and oxygen atoms in total. The van der Waals surface area contributed by atoms with E-state index in [1.165, 1.54) is 22.9 Å². The Bertz CT molecular complexity index is 1280. The molecular weight excluding hydrogens is 492 g/mol. The number of hydrogen-bond acceptors (Lipinski definition) is 4. The summed E-state index contributed by atoms with van der Waals surface area (Å²) in [6.45, 7) is 1.93. The minimum atomic E-state index is -0.460. The zero-order chi connectivity index (χ0) is 23.5. The standard InChI is InChI=1S/C22H17Cl3FN5O2/c1-13-10-20(29-31(13)11-14-15(23)4-3-7-18(14)26)27-22(32)19-8-9-30(28-19)12-33-21-16(24)5-2-6-17(21)25/h2-10H,11-12H2,1H3,(H,27,29,32). The lowest BCUT2D eigenvalue weighted by Gasteiger charge is -2.09. The molecule has 0 saturated heterocycles. The maximum atomic E-state index is 14.1. The van der Waals surface area contributed by atoms with Crippen LogP contribution in [0.1, 0.15) is 21.7 Å². The highest BCUT2D eigenvalue weighted by molar-refractivity contribution is 6.37. The van der Waals surface area contributed by atoms with E-state index in [1.54, 1.807) is 48.1 Å². The summed E-state index contributed by atoms with van der Waals surface area (Å²) in [5.74, 6) is -0.246. The summed E-state index contributed by atoms with van der Waals surface area (Å²) < 4.78 is 22.7. The fourth-order valence-corrected chi connectivity index (χ4v) is 3.78. The monoisotopic (exact) mass is 507 g/mol. The van der Waals surface area contributed by atoms with E-state index in [4.69, 9.17) is 39.5 Å². The molecule has 2 aromatic carbocycles. The zero-order valence-electron chi connectivity index (χ0n) is 17.2. The van der Waals surface area contributed by atoms with Gasteiger partial charge in [-0.3, -0.25) is 9.48 Å². The van der Waals surface area contributed by atoms with Crippen LogP contribution in [0.15, 0.2) is 54.7 Å². The number of benzene rings is 2. The molecule has 0 spiro atoms. The van der Waals surface area contributed by atoms with E-state index in [2.05, 4.69) is 15.5 Å². The predicted octanol–water partition coefficient (Wildman–Crippen LogP) is 5.82. The van der Waals surface area contributed by atoms with Gasteiger partial charge in [0.15, 0.2) is 24.0 Å². The zero-order valence-corrected chi connectivity index (χ0v) is 19.5. The minimum Gasteiger partial charge on any atom is -0.468 e. The lowest BCUT2D eigenvalue weighted by Crippen LogP contribution is -2.15. The van der Waals surface area contributed by atoms with Gasteiger partial charge in [-0.2, -0.15) is 10.2 Å². The highest BCUT2D eigenvalue weighted by Crippen LogP contribution is 2.32. The number of carbonyl (C=O) groups is 1. The van der Waals surface area contributed by atoms with Gasteiger partial charge in [-0.25, -0.2) is 9.07 Å². The Morgan fingerprint density at radius 1 is 1.06 bits per heavy atom. The summed E-state index contributed by atoms with van der Waals surface area (Å²) in [5.41, 5.74) is 1.20. The van der Waals surface area contributed by atoms with E-state index < -0.39 is 11.7 Å². The number of ether oxygens (including phenoxy) is 1. The number of carbonyl (C=O) groups excluding carboxylic acids is 1. The predicted molar refractivity (Wildman–Crippen MR) is 125 cm³/mol.